The summed E-state index contributed by atoms with van der Waals surface area (Å²) < 4.78 is 0. The van der Waals surface area contributed by atoms with Crippen molar-refractivity contribution in [3.05, 3.63) is 59.3 Å². The third kappa shape index (κ3) is 2.71. The van der Waals surface area contributed by atoms with E-state index in [1.165, 1.54) is 34.4 Å². The minimum absolute atomic E-state index is 0.0592. The van der Waals surface area contributed by atoms with Crippen molar-refractivity contribution in [3.63, 3.8) is 0 Å². The molecule has 1 aromatic heterocycles. The Hall–Kier alpha value is -2.20. The number of benzene rings is 2. The third-order valence-corrected chi connectivity index (χ3v) is 5.47. The highest BCUT2D eigenvalue weighted by molar-refractivity contribution is 7.98. The van der Waals surface area contributed by atoms with Crippen molar-refractivity contribution in [2.45, 2.75) is 30.6 Å². The van der Waals surface area contributed by atoms with Crippen molar-refractivity contribution < 1.29 is 4.79 Å². The number of thioether (sulfide) groups is 1. The highest BCUT2D eigenvalue weighted by atomic mass is 32.2. The second kappa shape index (κ2) is 6.36. The Kier molecular flexibility index (Phi) is 4.07. The molecular weight excluding hydrogens is 316 g/mol. The molecule has 1 heterocycles. The molecule has 0 spiro atoms. The van der Waals surface area contributed by atoms with E-state index in [1.54, 1.807) is 11.8 Å². The summed E-state index contributed by atoms with van der Waals surface area (Å²) in [5.74, 6) is -0.0592. The summed E-state index contributed by atoms with van der Waals surface area (Å²) in [5, 5.41) is 4.22. The lowest BCUT2D eigenvalue weighted by molar-refractivity contribution is 0.102. The number of carbonyl (C=O) groups is 1. The first-order valence-corrected chi connectivity index (χ1v) is 9.56. The van der Waals surface area contributed by atoms with Gasteiger partial charge in [0.25, 0.3) is 5.91 Å². The topological polar surface area (TPSA) is 44.9 Å². The normalized spacial score (nSPS) is 13.7. The molecule has 0 aliphatic heterocycles. The molecular formula is C20H20N2OS. The number of para-hydroxylation sites is 1. The third-order valence-electron chi connectivity index (χ3n) is 4.73. The van der Waals surface area contributed by atoms with E-state index >= 15 is 0 Å². The summed E-state index contributed by atoms with van der Waals surface area (Å²) in [6.45, 7) is 0. The molecule has 0 bridgehead atoms. The van der Waals surface area contributed by atoms with Gasteiger partial charge in [-0.3, -0.25) is 4.79 Å². The average Bonchev–Trinajstić information content (AvgIpc) is 3.01. The smallest absolute Gasteiger partial charge is 0.257 e. The Morgan fingerprint density at radius 1 is 1.08 bits per heavy atom. The summed E-state index contributed by atoms with van der Waals surface area (Å²) in [4.78, 5) is 17.5. The second-order valence-corrected chi connectivity index (χ2v) is 7.08. The molecule has 122 valence electrons. The molecule has 2 N–H and O–H groups in total. The van der Waals surface area contributed by atoms with Gasteiger partial charge in [-0.1, -0.05) is 12.1 Å². The summed E-state index contributed by atoms with van der Waals surface area (Å²) in [6, 6.07) is 13.9. The quantitative estimate of drug-likeness (QED) is 0.660. The van der Waals surface area contributed by atoms with Gasteiger partial charge in [0.1, 0.15) is 0 Å². The molecule has 2 aromatic carbocycles. The van der Waals surface area contributed by atoms with E-state index < -0.39 is 0 Å². The zero-order valence-electron chi connectivity index (χ0n) is 13.7. The average molecular weight is 336 g/mol. The minimum atomic E-state index is -0.0592. The summed E-state index contributed by atoms with van der Waals surface area (Å²) >= 11 is 1.69. The van der Waals surface area contributed by atoms with Gasteiger partial charge in [0.15, 0.2) is 0 Å². The molecule has 24 heavy (non-hydrogen) atoms. The number of carbonyl (C=O) groups excluding carboxylic acids is 1. The van der Waals surface area contributed by atoms with Crippen molar-refractivity contribution in [1.82, 2.24) is 4.98 Å². The molecule has 0 unspecified atom stereocenters. The first kappa shape index (κ1) is 15.3. The fourth-order valence-electron chi connectivity index (χ4n) is 3.49. The first-order valence-electron chi connectivity index (χ1n) is 8.34. The Morgan fingerprint density at radius 2 is 1.88 bits per heavy atom. The van der Waals surface area contributed by atoms with Crippen molar-refractivity contribution >= 4 is 34.3 Å². The number of hydrogen-bond acceptors (Lipinski definition) is 2. The fourth-order valence-corrected chi connectivity index (χ4v) is 3.90. The van der Waals surface area contributed by atoms with Crippen LogP contribution < -0.4 is 5.32 Å². The molecule has 0 fully saturated rings. The van der Waals surface area contributed by atoms with Crippen LogP contribution in [0.5, 0.6) is 0 Å². The molecule has 1 aliphatic rings. The van der Waals surface area contributed by atoms with Gasteiger partial charge in [-0.05, 0) is 67.8 Å². The summed E-state index contributed by atoms with van der Waals surface area (Å²) in [6.07, 6.45) is 6.69. The van der Waals surface area contributed by atoms with Crippen LogP contribution in [0, 0.1) is 0 Å². The van der Waals surface area contributed by atoms with Gasteiger partial charge in [-0.2, -0.15) is 0 Å². The number of aromatic amines is 1. The molecule has 4 heteroatoms. The molecule has 3 aromatic rings. The summed E-state index contributed by atoms with van der Waals surface area (Å²) in [7, 11) is 0. The van der Waals surface area contributed by atoms with Gasteiger partial charge in [0.2, 0.25) is 0 Å². The molecule has 4 rings (SSSR count). The maximum atomic E-state index is 12.8. The van der Waals surface area contributed by atoms with Gasteiger partial charge in [0.05, 0.1) is 11.1 Å². The Labute approximate surface area is 145 Å². The minimum Gasteiger partial charge on any atom is -0.358 e. The Bertz CT molecular complexity index is 896. The van der Waals surface area contributed by atoms with Crippen molar-refractivity contribution in [1.29, 1.82) is 0 Å². The standard InChI is InChI=1S/C20H20N2OS/c1-24-14-11-9-13(10-12-14)21-20(23)17-7-4-6-16-15-5-2-3-8-18(15)22-19(16)17/h4,6-7,9-12,22H,2-3,5,8H2,1H3,(H,21,23). The highest BCUT2D eigenvalue weighted by Crippen LogP contribution is 2.31. The predicted octanol–water partition coefficient (Wildman–Crippen LogP) is 5.02. The first-order chi connectivity index (χ1) is 11.8. The van der Waals surface area contributed by atoms with Crippen molar-refractivity contribution in [3.8, 4) is 0 Å². The van der Waals surface area contributed by atoms with E-state index in [2.05, 4.69) is 16.4 Å². The number of aryl methyl sites for hydroxylation is 2. The number of H-pyrrole nitrogens is 1. The zero-order chi connectivity index (χ0) is 16.5. The maximum absolute atomic E-state index is 12.8. The van der Waals surface area contributed by atoms with Gasteiger partial charge < -0.3 is 10.3 Å². The summed E-state index contributed by atoms with van der Waals surface area (Å²) in [5.41, 5.74) is 5.22. The zero-order valence-corrected chi connectivity index (χ0v) is 14.5. The lowest BCUT2D eigenvalue weighted by Crippen LogP contribution is -2.12. The lowest BCUT2D eigenvalue weighted by Gasteiger charge is -2.10. The van der Waals surface area contributed by atoms with Crippen LogP contribution >= 0.6 is 11.8 Å². The van der Waals surface area contributed by atoms with E-state index in [0.717, 1.165) is 29.6 Å². The van der Waals surface area contributed by atoms with Gasteiger partial charge in [-0.25, -0.2) is 0 Å². The van der Waals surface area contributed by atoms with Crippen LogP contribution in [0.4, 0.5) is 5.69 Å². The molecule has 1 aliphatic carbocycles. The maximum Gasteiger partial charge on any atom is 0.257 e. The number of rotatable bonds is 3. The number of aromatic nitrogens is 1. The van der Waals surface area contributed by atoms with Crippen molar-refractivity contribution in [2.75, 3.05) is 11.6 Å². The van der Waals surface area contributed by atoms with Crippen LogP contribution in [-0.4, -0.2) is 17.1 Å². The molecule has 0 saturated heterocycles. The van der Waals surface area contributed by atoms with E-state index in [1.807, 2.05) is 42.7 Å². The van der Waals surface area contributed by atoms with Crippen LogP contribution in [0.25, 0.3) is 10.9 Å². The van der Waals surface area contributed by atoms with Crippen molar-refractivity contribution in [2.24, 2.45) is 0 Å². The number of fused-ring (bicyclic) bond motifs is 3. The SMILES string of the molecule is CSc1ccc(NC(=O)c2cccc3c4c([nH]c23)CCCC4)cc1. The monoisotopic (exact) mass is 336 g/mol. The van der Waals surface area contributed by atoms with Crippen LogP contribution in [0.2, 0.25) is 0 Å². The number of nitrogens with one attached hydrogen (secondary N) is 2. The highest BCUT2D eigenvalue weighted by Gasteiger charge is 2.19. The van der Waals surface area contributed by atoms with Crippen LogP contribution in [0.3, 0.4) is 0 Å². The van der Waals surface area contributed by atoms with E-state index in [0.29, 0.717) is 0 Å². The van der Waals surface area contributed by atoms with Gasteiger partial charge >= 0.3 is 0 Å². The van der Waals surface area contributed by atoms with Crippen LogP contribution in [-0.2, 0) is 12.8 Å². The number of anilines is 1. The second-order valence-electron chi connectivity index (χ2n) is 6.20. The van der Waals surface area contributed by atoms with Gasteiger partial charge in [0, 0.05) is 21.7 Å². The van der Waals surface area contributed by atoms with E-state index in [-0.39, 0.29) is 5.91 Å². The fraction of sp³-hybridized carbons (Fsp3) is 0.250. The predicted molar refractivity (Wildman–Crippen MR) is 101 cm³/mol. The van der Waals surface area contributed by atoms with Crippen LogP contribution in [0.1, 0.15) is 34.5 Å². The van der Waals surface area contributed by atoms with E-state index in [4.69, 9.17) is 0 Å². The van der Waals surface area contributed by atoms with Gasteiger partial charge in [-0.15, -0.1) is 11.8 Å². The number of hydrogen-bond donors (Lipinski definition) is 2. The number of amides is 1. The Morgan fingerprint density at radius 3 is 2.67 bits per heavy atom. The largest absolute Gasteiger partial charge is 0.358 e. The lowest BCUT2D eigenvalue weighted by atomic mass is 9.95. The molecule has 0 radical (unpaired) electrons. The molecule has 0 saturated carbocycles. The molecule has 0 atom stereocenters. The van der Waals surface area contributed by atoms with Crippen LogP contribution in [0.15, 0.2) is 47.4 Å². The molecule has 3 nitrogen and oxygen atoms in total. The van der Waals surface area contributed by atoms with E-state index in [9.17, 15) is 4.79 Å². The molecule has 1 amide bonds. The Balaban J connectivity index is 1.67.